The Morgan fingerprint density at radius 1 is 0.333 bits per heavy atom. The number of aromatic nitrogens is 2. The first-order chi connectivity index (χ1) is 29.6. The minimum Gasteiger partial charge on any atom is -0.294 e. The minimum atomic E-state index is 0.975. The van der Waals surface area contributed by atoms with Gasteiger partial charge in [0.05, 0.1) is 5.52 Å². The minimum absolute atomic E-state index is 0.975. The van der Waals surface area contributed by atoms with Crippen LogP contribution in [0, 0.1) is 6.92 Å². The molecule has 0 amide bonds. The van der Waals surface area contributed by atoms with E-state index in [0.717, 1.165) is 22.2 Å². The molecule has 0 atom stereocenters. The van der Waals surface area contributed by atoms with Crippen LogP contribution in [-0.4, -0.2) is 9.55 Å². The van der Waals surface area contributed by atoms with Crippen molar-refractivity contribution < 1.29 is 0 Å². The summed E-state index contributed by atoms with van der Waals surface area (Å²) in [4.78, 5) is 4.84. The first-order valence-corrected chi connectivity index (χ1v) is 20.7. The molecule has 2 nitrogen and oxygen atoms in total. The average molecular weight is 763 g/mol. The Labute approximate surface area is 348 Å². The van der Waals surface area contributed by atoms with Crippen molar-refractivity contribution in [1.82, 2.24) is 9.55 Å². The predicted molar refractivity (Wildman–Crippen MR) is 255 cm³/mol. The molecule has 2 heteroatoms. The molecule has 12 aromatic rings. The second-order valence-corrected chi connectivity index (χ2v) is 16.0. The Kier molecular flexibility index (Phi) is 7.79. The quantitative estimate of drug-likeness (QED) is 0.160. The van der Waals surface area contributed by atoms with Gasteiger partial charge in [-0.3, -0.25) is 4.57 Å². The molecule has 0 aliphatic heterocycles. The van der Waals surface area contributed by atoms with Crippen LogP contribution in [0.1, 0.15) is 5.56 Å². The highest BCUT2D eigenvalue weighted by Gasteiger charge is 2.18. The highest BCUT2D eigenvalue weighted by atomic mass is 15.0. The van der Waals surface area contributed by atoms with Gasteiger partial charge in [0.2, 0.25) is 0 Å². The van der Waals surface area contributed by atoms with E-state index in [1.807, 2.05) is 12.3 Å². The largest absolute Gasteiger partial charge is 0.294 e. The number of aryl methyl sites for hydroxylation is 1. The molecule has 0 aliphatic carbocycles. The summed E-state index contributed by atoms with van der Waals surface area (Å²) < 4.78 is 2.28. The van der Waals surface area contributed by atoms with E-state index in [4.69, 9.17) is 4.98 Å². The highest BCUT2D eigenvalue weighted by Crippen LogP contribution is 2.45. The molecular weight excluding hydrogens is 725 g/mol. The first-order valence-electron chi connectivity index (χ1n) is 20.7. The van der Waals surface area contributed by atoms with Gasteiger partial charge in [0, 0.05) is 22.7 Å². The molecule has 0 spiro atoms. The fourth-order valence-corrected chi connectivity index (χ4v) is 9.61. The third-order valence-corrected chi connectivity index (χ3v) is 12.4. The fraction of sp³-hybridized carbons (Fsp3) is 0.0172. The highest BCUT2D eigenvalue weighted by molar-refractivity contribution is 6.22. The number of benzene rings is 10. The molecule has 60 heavy (non-hydrogen) atoms. The average Bonchev–Trinajstić information content (AvgIpc) is 3.64. The topological polar surface area (TPSA) is 17.8 Å². The van der Waals surface area contributed by atoms with Crippen LogP contribution in [0.25, 0.3) is 115 Å². The summed E-state index contributed by atoms with van der Waals surface area (Å²) in [6.07, 6.45) is 1.89. The van der Waals surface area contributed by atoms with Crippen molar-refractivity contribution in [2.75, 3.05) is 0 Å². The summed E-state index contributed by atoms with van der Waals surface area (Å²) in [7, 11) is 0. The van der Waals surface area contributed by atoms with Gasteiger partial charge in [-0.1, -0.05) is 146 Å². The molecule has 0 saturated heterocycles. The molecule has 0 aliphatic rings. The second kappa shape index (κ2) is 13.7. The van der Waals surface area contributed by atoms with E-state index < -0.39 is 0 Å². The lowest BCUT2D eigenvalue weighted by atomic mass is 9.85. The molecule has 0 fully saturated rings. The molecule has 12 rings (SSSR count). The van der Waals surface area contributed by atoms with Gasteiger partial charge in [0.15, 0.2) is 0 Å². The van der Waals surface area contributed by atoms with Gasteiger partial charge in [-0.2, -0.15) is 0 Å². The van der Waals surface area contributed by atoms with Gasteiger partial charge in [-0.05, 0) is 161 Å². The standard InChI is InChI=1S/C58H38N2/c1-37-11-8-16-48(31-37)60-55-29-28-45(36-54(55)53-21-10-30-59-58(53)60)41-15-9-14-40(32-41)42-23-24-44-35-47(27-25-43(44)33-42)57-51-19-6-4-17-49(51)56(50-18-5-7-20-52(50)57)46-26-22-38-12-2-3-13-39(38)34-46/h2-36H,1H3. The van der Waals surface area contributed by atoms with E-state index in [0.29, 0.717) is 0 Å². The van der Waals surface area contributed by atoms with E-state index in [1.165, 1.54) is 98.5 Å². The third kappa shape index (κ3) is 5.53. The molecule has 280 valence electrons. The maximum absolute atomic E-state index is 4.84. The summed E-state index contributed by atoms with van der Waals surface area (Å²) in [5.74, 6) is 0. The van der Waals surface area contributed by atoms with Crippen LogP contribution in [0.4, 0.5) is 0 Å². The van der Waals surface area contributed by atoms with Crippen molar-refractivity contribution in [2.45, 2.75) is 6.92 Å². The fourth-order valence-electron chi connectivity index (χ4n) is 9.61. The lowest BCUT2D eigenvalue weighted by molar-refractivity contribution is 1.13. The SMILES string of the molecule is Cc1cccc(-n2c3ccc(-c4cccc(-c5ccc6cc(-c7c8ccccc8c(-c8ccc9ccccc9c8)c8ccccc78)ccc6c5)c4)cc3c3cccnc32)c1. The van der Waals surface area contributed by atoms with Crippen molar-refractivity contribution >= 4 is 65.0 Å². The van der Waals surface area contributed by atoms with Crippen molar-refractivity contribution in [2.24, 2.45) is 0 Å². The number of fused-ring (bicyclic) bond motifs is 7. The lowest BCUT2D eigenvalue weighted by Gasteiger charge is -2.18. The van der Waals surface area contributed by atoms with Gasteiger partial charge >= 0.3 is 0 Å². The lowest BCUT2D eigenvalue weighted by Crippen LogP contribution is -1.95. The number of hydrogen-bond donors (Lipinski definition) is 0. The Hall–Kier alpha value is -7.81. The van der Waals surface area contributed by atoms with E-state index >= 15 is 0 Å². The molecule has 2 aromatic heterocycles. The van der Waals surface area contributed by atoms with Crippen LogP contribution in [0.5, 0.6) is 0 Å². The number of rotatable bonds is 5. The molecule has 0 N–H and O–H groups in total. The van der Waals surface area contributed by atoms with Crippen molar-refractivity contribution in [1.29, 1.82) is 0 Å². The molecule has 2 heterocycles. The molecule has 0 unspecified atom stereocenters. The van der Waals surface area contributed by atoms with E-state index in [1.54, 1.807) is 0 Å². The number of hydrogen-bond acceptors (Lipinski definition) is 1. The first kappa shape index (κ1) is 34.3. The number of pyridine rings is 1. The van der Waals surface area contributed by atoms with E-state index in [9.17, 15) is 0 Å². The van der Waals surface area contributed by atoms with E-state index in [2.05, 4.69) is 212 Å². The summed E-state index contributed by atoms with van der Waals surface area (Å²) in [6.45, 7) is 2.14. The van der Waals surface area contributed by atoms with E-state index in [-0.39, 0.29) is 0 Å². The number of nitrogens with zero attached hydrogens (tertiary/aromatic N) is 2. The van der Waals surface area contributed by atoms with Crippen molar-refractivity contribution in [3.05, 3.63) is 218 Å². The van der Waals surface area contributed by atoms with Crippen LogP contribution >= 0.6 is 0 Å². The zero-order chi connectivity index (χ0) is 39.7. The van der Waals surface area contributed by atoms with Crippen LogP contribution in [-0.2, 0) is 0 Å². The van der Waals surface area contributed by atoms with Gasteiger partial charge in [-0.25, -0.2) is 4.98 Å². The maximum Gasteiger partial charge on any atom is 0.145 e. The Balaban J connectivity index is 0.935. The van der Waals surface area contributed by atoms with Crippen molar-refractivity contribution in [3.63, 3.8) is 0 Å². The van der Waals surface area contributed by atoms with Gasteiger partial charge in [-0.15, -0.1) is 0 Å². The molecule has 0 saturated carbocycles. The third-order valence-electron chi connectivity index (χ3n) is 12.4. The summed E-state index contributed by atoms with van der Waals surface area (Å²) >= 11 is 0. The molecular formula is C58H38N2. The van der Waals surface area contributed by atoms with Crippen LogP contribution in [0.15, 0.2) is 212 Å². The van der Waals surface area contributed by atoms with Crippen LogP contribution in [0.3, 0.4) is 0 Å². The normalized spacial score (nSPS) is 11.8. The maximum atomic E-state index is 4.84. The smallest absolute Gasteiger partial charge is 0.145 e. The monoisotopic (exact) mass is 762 g/mol. The zero-order valence-electron chi connectivity index (χ0n) is 33.1. The predicted octanol–water partition coefficient (Wildman–Crippen LogP) is 15.8. The Morgan fingerprint density at radius 3 is 1.50 bits per heavy atom. The van der Waals surface area contributed by atoms with Gasteiger partial charge in [0.1, 0.15) is 5.65 Å². The van der Waals surface area contributed by atoms with Crippen LogP contribution in [0.2, 0.25) is 0 Å². The van der Waals surface area contributed by atoms with Crippen molar-refractivity contribution in [3.8, 4) is 50.2 Å². The van der Waals surface area contributed by atoms with Gasteiger partial charge < -0.3 is 0 Å². The second-order valence-electron chi connectivity index (χ2n) is 16.0. The summed E-state index contributed by atoms with van der Waals surface area (Å²) in [6, 6.07) is 75.8. The summed E-state index contributed by atoms with van der Waals surface area (Å²) in [5.41, 5.74) is 14.3. The Morgan fingerprint density at radius 2 is 0.833 bits per heavy atom. The molecule has 0 radical (unpaired) electrons. The Bertz CT molecular complexity index is 3620. The van der Waals surface area contributed by atoms with Gasteiger partial charge in [0.25, 0.3) is 0 Å². The zero-order valence-corrected chi connectivity index (χ0v) is 33.1. The summed E-state index contributed by atoms with van der Waals surface area (Å²) in [5, 5.41) is 12.4. The molecule has 10 aromatic carbocycles. The van der Waals surface area contributed by atoms with Crippen LogP contribution < -0.4 is 0 Å². The molecule has 0 bridgehead atoms.